The third-order valence-corrected chi connectivity index (χ3v) is 2.83. The van der Waals surface area contributed by atoms with Gasteiger partial charge in [0.25, 0.3) is 11.8 Å². The van der Waals surface area contributed by atoms with Crippen LogP contribution in [0.2, 0.25) is 10.0 Å². The number of esters is 1. The molecule has 0 spiro atoms. The van der Waals surface area contributed by atoms with E-state index >= 15 is 0 Å². The Morgan fingerprint density at radius 2 is 2.00 bits per heavy atom. The second-order valence-electron chi connectivity index (χ2n) is 3.84. The first-order chi connectivity index (χ1) is 9.31. The maximum absolute atomic E-state index is 11.8. The fraction of sp³-hybridized carbons (Fsp3) is 0.250. The van der Waals surface area contributed by atoms with Crippen molar-refractivity contribution < 1.29 is 19.1 Å². The van der Waals surface area contributed by atoms with Crippen LogP contribution in [0.15, 0.2) is 18.2 Å². The molecule has 3 N–H and O–H groups in total. The van der Waals surface area contributed by atoms with Gasteiger partial charge in [-0.05, 0) is 25.1 Å². The van der Waals surface area contributed by atoms with Crippen LogP contribution in [0.5, 0.6) is 0 Å². The SMILES string of the molecule is CC(OC(=O)CNC(=O)c1ccc(Cl)cc1Cl)C(N)=O. The van der Waals surface area contributed by atoms with Crippen molar-refractivity contribution in [3.63, 3.8) is 0 Å². The summed E-state index contributed by atoms with van der Waals surface area (Å²) in [6, 6.07) is 4.33. The van der Waals surface area contributed by atoms with Gasteiger partial charge in [-0.25, -0.2) is 0 Å². The summed E-state index contributed by atoms with van der Waals surface area (Å²) in [4.78, 5) is 33.8. The topological polar surface area (TPSA) is 98.5 Å². The number of primary amides is 1. The molecule has 0 saturated carbocycles. The van der Waals surface area contributed by atoms with E-state index in [-0.39, 0.29) is 10.6 Å². The normalized spacial score (nSPS) is 11.6. The fourth-order valence-corrected chi connectivity index (χ4v) is 1.71. The highest BCUT2D eigenvalue weighted by Gasteiger charge is 2.16. The minimum Gasteiger partial charge on any atom is -0.451 e. The summed E-state index contributed by atoms with van der Waals surface area (Å²) in [7, 11) is 0. The highest BCUT2D eigenvalue weighted by molar-refractivity contribution is 6.36. The van der Waals surface area contributed by atoms with Crippen molar-refractivity contribution in [2.75, 3.05) is 6.54 Å². The second kappa shape index (κ2) is 7.12. The third kappa shape index (κ3) is 4.71. The molecule has 6 nitrogen and oxygen atoms in total. The van der Waals surface area contributed by atoms with Crippen molar-refractivity contribution >= 4 is 41.0 Å². The second-order valence-corrected chi connectivity index (χ2v) is 4.68. The molecule has 0 aliphatic rings. The molecule has 0 aliphatic heterocycles. The van der Waals surface area contributed by atoms with Crippen LogP contribution in [0.1, 0.15) is 17.3 Å². The summed E-state index contributed by atoms with van der Waals surface area (Å²) >= 11 is 11.5. The number of nitrogens with two attached hydrogens (primary N) is 1. The number of rotatable bonds is 5. The van der Waals surface area contributed by atoms with Crippen LogP contribution in [-0.2, 0) is 14.3 Å². The number of amides is 2. The highest BCUT2D eigenvalue weighted by Crippen LogP contribution is 2.20. The standard InChI is InChI=1S/C12H12Cl2N2O4/c1-6(11(15)18)20-10(17)5-16-12(19)8-3-2-7(13)4-9(8)14/h2-4,6H,5H2,1H3,(H2,15,18)(H,16,19). The summed E-state index contributed by atoms with van der Waals surface area (Å²) in [5.74, 6) is -2.12. The molecular weight excluding hydrogens is 307 g/mol. The first kappa shape index (κ1) is 16.3. The van der Waals surface area contributed by atoms with Gasteiger partial charge in [-0.3, -0.25) is 14.4 Å². The maximum Gasteiger partial charge on any atom is 0.326 e. The van der Waals surface area contributed by atoms with Gasteiger partial charge in [0, 0.05) is 5.02 Å². The average Bonchev–Trinajstić information content (AvgIpc) is 2.35. The largest absolute Gasteiger partial charge is 0.451 e. The van der Waals surface area contributed by atoms with Crippen molar-refractivity contribution in [2.24, 2.45) is 5.73 Å². The average molecular weight is 319 g/mol. The van der Waals surface area contributed by atoms with Crippen molar-refractivity contribution in [1.82, 2.24) is 5.32 Å². The van der Waals surface area contributed by atoms with Crippen LogP contribution in [0.4, 0.5) is 0 Å². The molecule has 0 aliphatic carbocycles. The van der Waals surface area contributed by atoms with Gasteiger partial charge in [0.15, 0.2) is 6.10 Å². The van der Waals surface area contributed by atoms with Gasteiger partial charge in [-0.15, -0.1) is 0 Å². The van der Waals surface area contributed by atoms with Crippen LogP contribution < -0.4 is 11.1 Å². The van der Waals surface area contributed by atoms with E-state index in [0.29, 0.717) is 5.02 Å². The fourth-order valence-electron chi connectivity index (χ4n) is 1.22. The molecule has 1 rings (SSSR count). The number of nitrogens with one attached hydrogen (secondary N) is 1. The molecule has 0 fully saturated rings. The zero-order chi connectivity index (χ0) is 15.3. The third-order valence-electron chi connectivity index (χ3n) is 2.28. The molecule has 20 heavy (non-hydrogen) atoms. The Kier molecular flexibility index (Phi) is 5.79. The molecule has 0 saturated heterocycles. The number of benzene rings is 1. The first-order valence-electron chi connectivity index (χ1n) is 5.53. The predicted octanol–water partition coefficient (Wildman–Crippen LogP) is 1.14. The molecule has 1 atom stereocenters. The van der Waals surface area contributed by atoms with Gasteiger partial charge in [0.2, 0.25) is 0 Å². The molecule has 0 aromatic heterocycles. The highest BCUT2D eigenvalue weighted by atomic mass is 35.5. The Labute approximate surface area is 125 Å². The number of carbonyl (C=O) groups is 3. The zero-order valence-corrected chi connectivity index (χ0v) is 12.0. The predicted molar refractivity (Wildman–Crippen MR) is 73.5 cm³/mol. The Morgan fingerprint density at radius 1 is 1.35 bits per heavy atom. The lowest BCUT2D eigenvalue weighted by Crippen LogP contribution is -2.36. The van der Waals surface area contributed by atoms with Gasteiger partial charge < -0.3 is 15.8 Å². The Balaban J connectivity index is 2.55. The van der Waals surface area contributed by atoms with E-state index < -0.39 is 30.4 Å². The quantitative estimate of drug-likeness (QED) is 0.795. The maximum atomic E-state index is 11.8. The lowest BCUT2D eigenvalue weighted by Gasteiger charge is -2.10. The van der Waals surface area contributed by atoms with Crippen molar-refractivity contribution in [2.45, 2.75) is 13.0 Å². The molecule has 0 radical (unpaired) electrons. The van der Waals surface area contributed by atoms with E-state index in [1.165, 1.54) is 25.1 Å². The van der Waals surface area contributed by atoms with Gasteiger partial charge in [-0.1, -0.05) is 23.2 Å². The molecule has 8 heteroatoms. The van der Waals surface area contributed by atoms with E-state index in [1.807, 2.05) is 0 Å². The Morgan fingerprint density at radius 3 is 2.55 bits per heavy atom. The van der Waals surface area contributed by atoms with Crippen LogP contribution in [0.25, 0.3) is 0 Å². The van der Waals surface area contributed by atoms with Crippen LogP contribution in [0.3, 0.4) is 0 Å². The van der Waals surface area contributed by atoms with Gasteiger partial charge in [-0.2, -0.15) is 0 Å². The molecule has 0 bridgehead atoms. The number of hydrogen-bond donors (Lipinski definition) is 2. The van der Waals surface area contributed by atoms with E-state index in [1.54, 1.807) is 0 Å². The van der Waals surface area contributed by atoms with Gasteiger partial charge in [0.1, 0.15) is 6.54 Å². The monoisotopic (exact) mass is 318 g/mol. The van der Waals surface area contributed by atoms with Crippen LogP contribution in [-0.4, -0.2) is 30.4 Å². The van der Waals surface area contributed by atoms with Crippen molar-refractivity contribution in [3.05, 3.63) is 33.8 Å². The van der Waals surface area contributed by atoms with E-state index in [4.69, 9.17) is 28.9 Å². The molecule has 2 amide bonds. The molecule has 0 heterocycles. The zero-order valence-electron chi connectivity index (χ0n) is 10.5. The van der Waals surface area contributed by atoms with Gasteiger partial charge in [0.05, 0.1) is 10.6 Å². The molecular formula is C12H12Cl2N2O4. The Hall–Kier alpha value is -1.79. The minimum atomic E-state index is -1.06. The van der Waals surface area contributed by atoms with E-state index in [0.717, 1.165) is 0 Å². The van der Waals surface area contributed by atoms with Crippen molar-refractivity contribution in [3.8, 4) is 0 Å². The summed E-state index contributed by atoms with van der Waals surface area (Å²) in [6.45, 7) is 0.924. The minimum absolute atomic E-state index is 0.161. The smallest absolute Gasteiger partial charge is 0.326 e. The summed E-state index contributed by atoms with van der Waals surface area (Å²) in [5, 5.41) is 2.86. The number of halogens is 2. The van der Waals surface area contributed by atoms with E-state index in [9.17, 15) is 14.4 Å². The number of carbonyl (C=O) groups excluding carboxylic acids is 3. The summed E-state index contributed by atoms with van der Waals surface area (Å²) in [6.07, 6.45) is -1.06. The van der Waals surface area contributed by atoms with Crippen LogP contribution >= 0.6 is 23.2 Å². The number of ether oxygens (including phenoxy) is 1. The van der Waals surface area contributed by atoms with Crippen LogP contribution in [0, 0.1) is 0 Å². The molecule has 108 valence electrons. The molecule has 1 aromatic rings. The summed E-state index contributed by atoms with van der Waals surface area (Å²) in [5.41, 5.74) is 5.10. The number of hydrogen-bond acceptors (Lipinski definition) is 4. The van der Waals surface area contributed by atoms with E-state index in [2.05, 4.69) is 10.1 Å². The lowest BCUT2D eigenvalue weighted by atomic mass is 10.2. The first-order valence-corrected chi connectivity index (χ1v) is 6.29. The molecule has 1 unspecified atom stereocenters. The summed E-state index contributed by atoms with van der Waals surface area (Å²) < 4.78 is 4.67. The lowest BCUT2D eigenvalue weighted by molar-refractivity contribution is -0.152. The Bertz CT molecular complexity index is 548. The molecule has 1 aromatic carbocycles. The van der Waals surface area contributed by atoms with Gasteiger partial charge >= 0.3 is 5.97 Å². The van der Waals surface area contributed by atoms with Crippen molar-refractivity contribution in [1.29, 1.82) is 0 Å².